The largest absolute Gasteiger partial charge is 0.207 e. The smallest absolute Gasteiger partial charge is 0.123 e. The van der Waals surface area contributed by atoms with Crippen molar-refractivity contribution >= 4 is 0 Å². The van der Waals surface area contributed by atoms with Gasteiger partial charge in [0.15, 0.2) is 0 Å². The molecule has 0 heterocycles. The number of hydrogen-bond acceptors (Lipinski definition) is 0. The van der Waals surface area contributed by atoms with Gasteiger partial charge in [0.05, 0.1) is 0 Å². The van der Waals surface area contributed by atoms with Crippen LogP contribution in [0.25, 0.3) is 0 Å². The lowest BCUT2D eigenvalue weighted by Crippen LogP contribution is -1.78. The normalized spacial score (nSPS) is 7.23. The highest BCUT2D eigenvalue weighted by atomic mass is 19.1. The molecule has 0 saturated heterocycles. The molecule has 0 saturated carbocycles. The minimum Gasteiger partial charge on any atom is -0.207 e. The molecule has 0 fully saturated rings. The van der Waals surface area contributed by atoms with E-state index in [1.165, 1.54) is 17.7 Å². The van der Waals surface area contributed by atoms with Crippen LogP contribution in [0.15, 0.2) is 24.3 Å². The Kier molecular flexibility index (Phi) is 11.7. The molecule has 72 valence electrons. The van der Waals surface area contributed by atoms with Crippen LogP contribution in [-0.4, -0.2) is 0 Å². The minimum absolute atomic E-state index is 0.160. The Morgan fingerprint density at radius 3 is 1.77 bits per heavy atom. The predicted octanol–water partition coefficient (Wildman–Crippen LogP) is 3.66. The molecule has 0 aliphatic carbocycles. The third-order valence-corrected chi connectivity index (χ3v) is 1.32. The lowest BCUT2D eigenvalue weighted by molar-refractivity contribution is 0.627. The topological polar surface area (TPSA) is 0 Å². The first-order chi connectivity index (χ1) is 6.33. The molecule has 13 heavy (non-hydrogen) atoms. The number of rotatable bonds is 1. The summed E-state index contributed by atoms with van der Waals surface area (Å²) in [6, 6.07) is 6.57. The molecule has 0 aromatic heterocycles. The van der Waals surface area contributed by atoms with Gasteiger partial charge in [0.25, 0.3) is 0 Å². The highest BCUT2D eigenvalue weighted by Gasteiger charge is 1.87. The van der Waals surface area contributed by atoms with Gasteiger partial charge in [-0.15, -0.1) is 12.8 Å². The molecule has 0 amide bonds. The first-order valence-electron chi connectivity index (χ1n) is 4.40. The summed E-state index contributed by atoms with van der Waals surface area (Å²) in [6.07, 6.45) is 8.97. The number of terminal acetylenes is 1. The summed E-state index contributed by atoms with van der Waals surface area (Å²) < 4.78 is 12.2. The molecule has 0 unspecified atom stereocenters. The summed E-state index contributed by atoms with van der Waals surface area (Å²) in [4.78, 5) is 0. The van der Waals surface area contributed by atoms with Crippen molar-refractivity contribution < 1.29 is 4.39 Å². The van der Waals surface area contributed by atoms with Crippen LogP contribution in [-0.2, 0) is 6.42 Å². The Morgan fingerprint density at radius 1 is 1.08 bits per heavy atom. The van der Waals surface area contributed by atoms with Gasteiger partial charge in [-0.25, -0.2) is 4.39 Å². The maximum atomic E-state index is 12.2. The zero-order valence-electron chi connectivity index (χ0n) is 8.55. The van der Waals surface area contributed by atoms with Gasteiger partial charge in [0, 0.05) is 0 Å². The molecular formula is C12H17F. The number of benzene rings is 1. The molecule has 0 N–H and O–H groups in total. The summed E-state index contributed by atoms with van der Waals surface area (Å²) >= 11 is 0. The summed E-state index contributed by atoms with van der Waals surface area (Å²) in [6.45, 7) is 6.05. The van der Waals surface area contributed by atoms with Crippen molar-refractivity contribution in [1.82, 2.24) is 0 Å². The van der Waals surface area contributed by atoms with E-state index in [1.54, 1.807) is 12.1 Å². The fraction of sp³-hybridized carbons (Fsp3) is 0.333. The molecule has 0 atom stereocenters. The van der Waals surface area contributed by atoms with Gasteiger partial charge in [-0.1, -0.05) is 32.9 Å². The second-order valence-electron chi connectivity index (χ2n) is 1.98. The molecule has 1 heteroatoms. The molecular weight excluding hydrogens is 163 g/mol. The maximum absolute atomic E-state index is 12.2. The Balaban J connectivity index is 0. The molecule has 0 aliphatic heterocycles. The van der Waals surface area contributed by atoms with Gasteiger partial charge in [0.1, 0.15) is 5.82 Å². The lowest BCUT2D eigenvalue weighted by atomic mass is 10.2. The van der Waals surface area contributed by atoms with Crippen molar-refractivity contribution in [2.75, 3.05) is 0 Å². The quantitative estimate of drug-likeness (QED) is 0.578. The minimum atomic E-state index is -0.160. The molecule has 0 nitrogen and oxygen atoms in total. The van der Waals surface area contributed by atoms with Crippen molar-refractivity contribution in [3.05, 3.63) is 35.6 Å². The molecule has 1 rings (SSSR count). The Labute approximate surface area is 80.8 Å². The molecule has 0 bridgehead atoms. The van der Waals surface area contributed by atoms with E-state index >= 15 is 0 Å². The van der Waals surface area contributed by atoms with Crippen molar-refractivity contribution in [2.24, 2.45) is 0 Å². The molecule has 0 aliphatic rings. The average molecular weight is 180 g/mol. The molecule has 1 aromatic carbocycles. The SMILES string of the molecule is C#C.CC.CCc1ccc(F)cc1. The summed E-state index contributed by atoms with van der Waals surface area (Å²) in [7, 11) is 0. The van der Waals surface area contributed by atoms with Crippen LogP contribution >= 0.6 is 0 Å². The monoisotopic (exact) mass is 180 g/mol. The lowest BCUT2D eigenvalue weighted by Gasteiger charge is -1.92. The van der Waals surface area contributed by atoms with Crippen LogP contribution in [0.5, 0.6) is 0 Å². The zero-order chi connectivity index (χ0) is 10.7. The van der Waals surface area contributed by atoms with Crippen molar-refractivity contribution in [3.8, 4) is 12.8 Å². The second-order valence-corrected chi connectivity index (χ2v) is 1.98. The van der Waals surface area contributed by atoms with E-state index in [2.05, 4.69) is 12.8 Å². The second kappa shape index (κ2) is 10.7. The van der Waals surface area contributed by atoms with E-state index in [4.69, 9.17) is 0 Å². The van der Waals surface area contributed by atoms with E-state index in [-0.39, 0.29) is 5.82 Å². The van der Waals surface area contributed by atoms with E-state index < -0.39 is 0 Å². The van der Waals surface area contributed by atoms with Crippen LogP contribution in [0.3, 0.4) is 0 Å². The maximum Gasteiger partial charge on any atom is 0.123 e. The van der Waals surface area contributed by atoms with Crippen LogP contribution in [0.2, 0.25) is 0 Å². The van der Waals surface area contributed by atoms with Gasteiger partial charge in [-0.05, 0) is 24.1 Å². The van der Waals surface area contributed by atoms with E-state index in [0.29, 0.717) is 0 Å². The first-order valence-corrected chi connectivity index (χ1v) is 4.40. The van der Waals surface area contributed by atoms with Gasteiger partial charge < -0.3 is 0 Å². The summed E-state index contributed by atoms with van der Waals surface area (Å²) in [5.74, 6) is -0.160. The van der Waals surface area contributed by atoms with Gasteiger partial charge in [0.2, 0.25) is 0 Å². The van der Waals surface area contributed by atoms with Crippen LogP contribution in [0.4, 0.5) is 4.39 Å². The van der Waals surface area contributed by atoms with Crippen LogP contribution < -0.4 is 0 Å². The van der Waals surface area contributed by atoms with Crippen LogP contribution in [0, 0.1) is 18.7 Å². The van der Waals surface area contributed by atoms with E-state index in [0.717, 1.165) is 6.42 Å². The Bertz CT molecular complexity index is 208. The Morgan fingerprint density at radius 2 is 1.46 bits per heavy atom. The fourth-order valence-corrected chi connectivity index (χ4v) is 0.720. The predicted molar refractivity (Wildman–Crippen MR) is 57.0 cm³/mol. The third kappa shape index (κ3) is 7.08. The Hall–Kier alpha value is -1.29. The van der Waals surface area contributed by atoms with Gasteiger partial charge in [-0.3, -0.25) is 0 Å². The molecule has 0 spiro atoms. The first kappa shape index (κ1) is 14.2. The van der Waals surface area contributed by atoms with Crippen molar-refractivity contribution in [3.63, 3.8) is 0 Å². The zero-order valence-corrected chi connectivity index (χ0v) is 8.55. The number of aryl methyl sites for hydroxylation is 1. The highest BCUT2D eigenvalue weighted by Crippen LogP contribution is 2.01. The average Bonchev–Trinajstić information content (AvgIpc) is 2.25. The number of hydrogen-bond donors (Lipinski definition) is 0. The standard InChI is InChI=1S/C8H9F.C2H6.C2H2/c1-2-7-3-5-8(9)6-4-7;2*1-2/h3-6H,2H2,1H3;1-2H3;1-2H. The molecule has 1 aromatic rings. The fourth-order valence-electron chi connectivity index (χ4n) is 0.720. The van der Waals surface area contributed by atoms with E-state index in [1.807, 2.05) is 20.8 Å². The van der Waals surface area contributed by atoms with Crippen LogP contribution in [0.1, 0.15) is 26.3 Å². The molecule has 0 radical (unpaired) electrons. The summed E-state index contributed by atoms with van der Waals surface area (Å²) in [5.41, 5.74) is 1.18. The number of halogens is 1. The third-order valence-electron chi connectivity index (χ3n) is 1.32. The van der Waals surface area contributed by atoms with E-state index in [9.17, 15) is 4.39 Å². The van der Waals surface area contributed by atoms with Gasteiger partial charge in [-0.2, -0.15) is 0 Å². The summed E-state index contributed by atoms with van der Waals surface area (Å²) in [5, 5.41) is 0. The van der Waals surface area contributed by atoms with Crippen molar-refractivity contribution in [1.29, 1.82) is 0 Å². The highest BCUT2D eigenvalue weighted by molar-refractivity contribution is 5.15. The van der Waals surface area contributed by atoms with Gasteiger partial charge >= 0.3 is 0 Å². The van der Waals surface area contributed by atoms with Crippen molar-refractivity contribution in [2.45, 2.75) is 27.2 Å².